The zero-order valence-corrected chi connectivity index (χ0v) is 19.6. The van der Waals surface area contributed by atoms with Crippen molar-refractivity contribution >= 4 is 38.8 Å². The van der Waals surface area contributed by atoms with Crippen LogP contribution in [0.1, 0.15) is 53.0 Å². The minimum absolute atomic E-state index is 0.169. The number of aryl methyl sites for hydroxylation is 1. The van der Waals surface area contributed by atoms with Crippen LogP contribution in [0.5, 0.6) is 0 Å². The van der Waals surface area contributed by atoms with E-state index in [4.69, 9.17) is 5.73 Å². The summed E-state index contributed by atoms with van der Waals surface area (Å²) in [5.74, 6) is -0.401. The lowest BCUT2D eigenvalue weighted by molar-refractivity contribution is 0.0956. The van der Waals surface area contributed by atoms with Crippen LogP contribution in [0.25, 0.3) is 10.2 Å². The van der Waals surface area contributed by atoms with Crippen molar-refractivity contribution in [3.63, 3.8) is 0 Å². The Morgan fingerprint density at radius 2 is 1.97 bits per heavy atom. The first kappa shape index (κ1) is 22.1. The Morgan fingerprint density at radius 1 is 1.24 bits per heavy atom. The van der Waals surface area contributed by atoms with Crippen LogP contribution in [-0.2, 0) is 0 Å². The smallest absolute Gasteiger partial charge is 0.263 e. The summed E-state index contributed by atoms with van der Waals surface area (Å²) in [4.78, 5) is 20.3. The zero-order valence-electron chi connectivity index (χ0n) is 18.8. The maximum Gasteiger partial charge on any atom is 0.263 e. The number of thiophene rings is 1. The number of nitrogens with two attached hydrogens (primary N) is 1. The van der Waals surface area contributed by atoms with Gasteiger partial charge in [-0.05, 0) is 61.8 Å². The van der Waals surface area contributed by atoms with E-state index < -0.39 is 17.6 Å². The van der Waals surface area contributed by atoms with E-state index in [0.29, 0.717) is 32.9 Å². The normalized spacial score (nSPS) is 20.9. The molecule has 1 saturated carbocycles. The number of nitrogen functional groups attached to an aromatic ring is 1. The van der Waals surface area contributed by atoms with Gasteiger partial charge in [-0.3, -0.25) is 4.79 Å². The van der Waals surface area contributed by atoms with Crippen LogP contribution in [0, 0.1) is 30.4 Å². The molecule has 33 heavy (non-hydrogen) atoms. The number of hydrogen-bond donors (Lipinski definition) is 2. The third kappa shape index (κ3) is 4.16. The molecule has 3 aromatic rings. The van der Waals surface area contributed by atoms with Crippen molar-refractivity contribution in [3.05, 3.63) is 52.0 Å². The highest BCUT2D eigenvalue weighted by Gasteiger charge is 2.34. The summed E-state index contributed by atoms with van der Waals surface area (Å²) < 4.78 is 30.0. The summed E-state index contributed by atoms with van der Waals surface area (Å²) in [6.07, 6.45) is 3.57. The van der Waals surface area contributed by atoms with E-state index in [0.717, 1.165) is 24.2 Å². The van der Waals surface area contributed by atoms with Crippen LogP contribution < -0.4 is 16.0 Å². The third-order valence-corrected chi connectivity index (χ3v) is 8.17. The van der Waals surface area contributed by atoms with Crippen molar-refractivity contribution in [1.29, 1.82) is 0 Å². The van der Waals surface area contributed by atoms with Crippen molar-refractivity contribution in [3.8, 4) is 0 Å². The van der Waals surface area contributed by atoms with Gasteiger partial charge in [-0.15, -0.1) is 11.3 Å². The van der Waals surface area contributed by atoms with Gasteiger partial charge in [0.2, 0.25) is 0 Å². The number of hydrogen-bond acceptors (Lipinski definition) is 5. The van der Waals surface area contributed by atoms with Crippen LogP contribution in [0.4, 0.5) is 20.2 Å². The monoisotopic (exact) mass is 470 g/mol. The number of pyridine rings is 1. The summed E-state index contributed by atoms with van der Waals surface area (Å²) in [7, 11) is 0. The molecule has 1 aliphatic carbocycles. The molecule has 174 valence electrons. The Hall–Kier alpha value is -2.74. The highest BCUT2D eigenvalue weighted by atomic mass is 32.1. The van der Waals surface area contributed by atoms with Crippen molar-refractivity contribution < 1.29 is 13.6 Å². The fourth-order valence-electron chi connectivity index (χ4n) is 5.27. The Morgan fingerprint density at radius 3 is 2.70 bits per heavy atom. The molecule has 3 heterocycles. The van der Waals surface area contributed by atoms with E-state index in [2.05, 4.69) is 10.3 Å². The lowest BCUT2D eigenvalue weighted by atomic mass is 9.96. The summed E-state index contributed by atoms with van der Waals surface area (Å²) in [6, 6.07) is 6.32. The topological polar surface area (TPSA) is 71.2 Å². The summed E-state index contributed by atoms with van der Waals surface area (Å²) >= 11 is 1.23. The largest absolute Gasteiger partial charge is 0.397 e. The second-order valence-corrected chi connectivity index (χ2v) is 10.5. The summed E-state index contributed by atoms with van der Waals surface area (Å²) in [5.41, 5.74) is 8.01. The molecule has 1 saturated heterocycles. The molecule has 0 radical (unpaired) electrons. The number of rotatable bonds is 5. The average Bonchev–Trinajstić information content (AvgIpc) is 3.30. The van der Waals surface area contributed by atoms with E-state index >= 15 is 4.39 Å². The molecule has 1 aromatic carbocycles. The van der Waals surface area contributed by atoms with Gasteiger partial charge in [0, 0.05) is 42.7 Å². The van der Waals surface area contributed by atoms with Crippen molar-refractivity contribution in [2.24, 2.45) is 11.8 Å². The van der Waals surface area contributed by atoms with Crippen LogP contribution >= 0.6 is 11.3 Å². The maximum atomic E-state index is 15.0. The molecule has 1 aliphatic heterocycles. The number of benzene rings is 1. The molecule has 2 aromatic heterocycles. The number of carbonyl (C=O) groups is 1. The first-order valence-electron chi connectivity index (χ1n) is 11.5. The molecule has 5 nitrogen and oxygen atoms in total. The van der Waals surface area contributed by atoms with E-state index in [1.54, 1.807) is 6.92 Å². The van der Waals surface area contributed by atoms with Gasteiger partial charge in [-0.1, -0.05) is 6.92 Å². The van der Waals surface area contributed by atoms with Gasteiger partial charge in [-0.2, -0.15) is 0 Å². The fourth-order valence-corrected chi connectivity index (χ4v) is 6.33. The summed E-state index contributed by atoms with van der Waals surface area (Å²) in [5, 5.41) is 3.57. The number of nitrogens with one attached hydrogen (secondary N) is 1. The van der Waals surface area contributed by atoms with E-state index in [-0.39, 0.29) is 18.0 Å². The number of amides is 1. The Kier molecular flexibility index (Phi) is 5.72. The minimum atomic E-state index is -0.438. The zero-order chi connectivity index (χ0) is 23.3. The van der Waals surface area contributed by atoms with Gasteiger partial charge in [0.1, 0.15) is 21.3 Å². The standard InChI is InChI=1S/C25H28F2N4OS/c1-13(10-29-24(32)23-22(28)17-6-3-14(2)30-25(17)33-23)18-8-20(27)21(9-19(18)26)31-11-15-4-5-16(7-15)12-31/h3,6,8-9,13,15-16H,4-5,7,10-12,28H2,1-2H3,(H,29,32)/t13-,15?,16?/m1/s1. The number of halogens is 2. The van der Waals surface area contributed by atoms with Gasteiger partial charge in [0.15, 0.2) is 0 Å². The quantitative estimate of drug-likeness (QED) is 0.535. The van der Waals surface area contributed by atoms with Crippen molar-refractivity contribution in [2.75, 3.05) is 30.3 Å². The molecule has 8 heteroatoms. The van der Waals surface area contributed by atoms with Crippen molar-refractivity contribution in [2.45, 2.75) is 39.0 Å². The predicted octanol–water partition coefficient (Wildman–Crippen LogP) is 5.23. The number of carbonyl (C=O) groups excluding carboxylic acids is 1. The lowest BCUT2D eigenvalue weighted by Crippen LogP contribution is -2.37. The van der Waals surface area contributed by atoms with E-state index in [1.807, 2.05) is 24.0 Å². The number of piperidine rings is 1. The fraction of sp³-hybridized carbons (Fsp3) is 0.440. The predicted molar refractivity (Wildman–Crippen MR) is 129 cm³/mol. The average molecular weight is 471 g/mol. The van der Waals surface area contributed by atoms with E-state index in [1.165, 1.54) is 42.7 Å². The van der Waals surface area contributed by atoms with Crippen LogP contribution in [0.3, 0.4) is 0 Å². The minimum Gasteiger partial charge on any atom is -0.397 e. The molecule has 2 unspecified atom stereocenters. The molecule has 2 aliphatic rings. The first-order valence-corrected chi connectivity index (χ1v) is 12.3. The van der Waals surface area contributed by atoms with Crippen LogP contribution in [0.15, 0.2) is 24.3 Å². The second kappa shape index (κ2) is 8.56. The number of nitrogens with zero attached hydrogens (tertiary/aromatic N) is 2. The van der Waals surface area contributed by atoms with Crippen molar-refractivity contribution in [1.82, 2.24) is 10.3 Å². The van der Waals surface area contributed by atoms with Gasteiger partial charge in [0.25, 0.3) is 5.91 Å². The molecular formula is C25H28F2N4OS. The van der Waals surface area contributed by atoms with Gasteiger partial charge in [-0.25, -0.2) is 13.8 Å². The molecule has 2 bridgehead atoms. The lowest BCUT2D eigenvalue weighted by Gasteiger charge is -2.34. The molecule has 3 atom stereocenters. The third-order valence-electron chi connectivity index (χ3n) is 7.05. The maximum absolute atomic E-state index is 15.0. The van der Waals surface area contributed by atoms with Crippen LogP contribution in [0.2, 0.25) is 0 Å². The SMILES string of the molecule is Cc1ccc2c(N)c(C(=O)NC[C@@H](C)c3cc(F)c(N4CC5CCC(C5)C4)cc3F)sc2n1. The highest BCUT2D eigenvalue weighted by molar-refractivity contribution is 7.21. The van der Waals surface area contributed by atoms with Gasteiger partial charge in [0.05, 0.1) is 11.4 Å². The Labute approximate surface area is 196 Å². The van der Waals surface area contributed by atoms with Gasteiger partial charge >= 0.3 is 0 Å². The molecule has 3 N–H and O–H groups in total. The Bertz CT molecular complexity index is 1210. The number of anilines is 2. The first-order chi connectivity index (χ1) is 15.8. The molecule has 1 amide bonds. The van der Waals surface area contributed by atoms with Crippen LogP contribution in [-0.4, -0.2) is 30.5 Å². The molecular weight excluding hydrogens is 442 g/mol. The van der Waals surface area contributed by atoms with E-state index in [9.17, 15) is 9.18 Å². The molecule has 5 rings (SSSR count). The molecule has 2 fully saturated rings. The Balaban J connectivity index is 1.29. The number of fused-ring (bicyclic) bond motifs is 3. The molecule has 0 spiro atoms. The van der Waals surface area contributed by atoms with Gasteiger partial charge < -0.3 is 16.0 Å². The summed E-state index contributed by atoms with van der Waals surface area (Å²) in [6.45, 7) is 5.41. The number of aromatic nitrogens is 1. The highest BCUT2D eigenvalue weighted by Crippen LogP contribution is 2.39. The second-order valence-electron chi connectivity index (χ2n) is 9.54.